The first-order valence-corrected chi connectivity index (χ1v) is 7.91. The molecular formula is C18H20N4O3. The fourth-order valence-corrected chi connectivity index (χ4v) is 2.71. The Morgan fingerprint density at radius 1 is 1.36 bits per heavy atom. The number of amides is 1. The molecule has 0 aliphatic heterocycles. The smallest absolute Gasteiger partial charge is 0.270 e. The highest BCUT2D eigenvalue weighted by Gasteiger charge is 2.28. The van der Waals surface area contributed by atoms with Gasteiger partial charge in [0.1, 0.15) is 22.8 Å². The van der Waals surface area contributed by atoms with E-state index in [1.807, 2.05) is 6.92 Å². The second-order valence-corrected chi connectivity index (χ2v) is 6.13. The summed E-state index contributed by atoms with van der Waals surface area (Å²) in [5.41, 5.74) is 0.405. The molecule has 3 aromatic rings. The zero-order valence-corrected chi connectivity index (χ0v) is 14.4. The van der Waals surface area contributed by atoms with Gasteiger partial charge in [0.15, 0.2) is 0 Å². The van der Waals surface area contributed by atoms with Crippen molar-refractivity contribution in [3.63, 3.8) is 0 Å². The lowest BCUT2D eigenvalue weighted by Crippen LogP contribution is -2.39. The Balaban J connectivity index is 1.72. The fourth-order valence-electron chi connectivity index (χ4n) is 2.71. The van der Waals surface area contributed by atoms with Gasteiger partial charge in [0.25, 0.3) is 5.91 Å². The Labute approximate surface area is 145 Å². The topological polar surface area (TPSA) is 93.2 Å². The molecule has 0 fully saturated rings. The largest absolute Gasteiger partial charge is 0.466 e. The highest BCUT2D eigenvalue weighted by atomic mass is 16.3. The molecule has 25 heavy (non-hydrogen) atoms. The Kier molecular flexibility index (Phi) is 4.41. The second kappa shape index (κ2) is 6.52. The Morgan fingerprint density at radius 2 is 2.16 bits per heavy atom. The molecule has 0 spiro atoms. The quantitative estimate of drug-likeness (QED) is 0.742. The van der Waals surface area contributed by atoms with E-state index in [1.54, 1.807) is 61.4 Å². The maximum absolute atomic E-state index is 12.4. The third kappa shape index (κ3) is 3.61. The van der Waals surface area contributed by atoms with Gasteiger partial charge in [-0.15, -0.1) is 0 Å². The van der Waals surface area contributed by atoms with Crippen molar-refractivity contribution in [2.45, 2.75) is 26.4 Å². The van der Waals surface area contributed by atoms with Crippen LogP contribution in [0.25, 0.3) is 5.69 Å². The number of aryl methyl sites for hydroxylation is 2. The minimum Gasteiger partial charge on any atom is -0.466 e. The average Bonchev–Trinajstić information content (AvgIpc) is 3.22. The highest BCUT2D eigenvalue weighted by molar-refractivity contribution is 5.92. The molecule has 130 valence electrons. The Morgan fingerprint density at radius 3 is 2.80 bits per heavy atom. The first kappa shape index (κ1) is 16.9. The molecule has 1 unspecified atom stereocenters. The van der Waals surface area contributed by atoms with Crippen molar-refractivity contribution in [1.82, 2.24) is 20.1 Å². The molecule has 3 rings (SSSR count). The Hall–Kier alpha value is -2.93. The van der Waals surface area contributed by atoms with Crippen LogP contribution in [-0.4, -0.2) is 32.3 Å². The van der Waals surface area contributed by atoms with Gasteiger partial charge in [-0.05, 0) is 45.0 Å². The van der Waals surface area contributed by atoms with E-state index in [2.05, 4.69) is 15.4 Å². The minimum absolute atomic E-state index is 0.0410. The molecule has 0 aromatic carbocycles. The zero-order valence-electron chi connectivity index (χ0n) is 14.4. The number of nitrogens with zero attached hydrogens (tertiary/aromatic N) is 3. The summed E-state index contributed by atoms with van der Waals surface area (Å²) in [5.74, 6) is 0.982. The summed E-state index contributed by atoms with van der Waals surface area (Å²) in [7, 11) is 0. The number of carbonyl (C=O) groups is 1. The summed E-state index contributed by atoms with van der Waals surface area (Å²) < 4.78 is 7.10. The predicted molar refractivity (Wildman–Crippen MR) is 91.4 cm³/mol. The lowest BCUT2D eigenvalue weighted by molar-refractivity contribution is 0.0512. The van der Waals surface area contributed by atoms with Gasteiger partial charge in [0, 0.05) is 24.2 Å². The van der Waals surface area contributed by atoms with E-state index in [1.165, 1.54) is 0 Å². The van der Waals surface area contributed by atoms with Crippen molar-refractivity contribution >= 4 is 5.91 Å². The van der Waals surface area contributed by atoms with Crippen molar-refractivity contribution < 1.29 is 14.3 Å². The van der Waals surface area contributed by atoms with Crippen LogP contribution in [0.4, 0.5) is 0 Å². The number of aromatic nitrogens is 3. The first-order valence-electron chi connectivity index (χ1n) is 7.91. The van der Waals surface area contributed by atoms with E-state index in [0.29, 0.717) is 17.1 Å². The molecule has 7 nitrogen and oxygen atoms in total. The fraction of sp³-hybridized carbons (Fsp3) is 0.278. The molecule has 0 saturated heterocycles. The van der Waals surface area contributed by atoms with Gasteiger partial charge in [-0.1, -0.05) is 0 Å². The van der Waals surface area contributed by atoms with Gasteiger partial charge in [0.2, 0.25) is 0 Å². The van der Waals surface area contributed by atoms with Crippen LogP contribution in [-0.2, 0) is 5.60 Å². The molecule has 3 heterocycles. The molecule has 0 radical (unpaired) electrons. The molecule has 1 amide bonds. The maximum Gasteiger partial charge on any atom is 0.270 e. The van der Waals surface area contributed by atoms with Crippen LogP contribution in [0.3, 0.4) is 0 Å². The number of nitrogens with one attached hydrogen (secondary N) is 1. The van der Waals surface area contributed by atoms with Crippen LogP contribution in [0.5, 0.6) is 0 Å². The van der Waals surface area contributed by atoms with Crippen LogP contribution in [0, 0.1) is 13.8 Å². The van der Waals surface area contributed by atoms with Crippen molar-refractivity contribution in [3.05, 3.63) is 65.6 Å². The van der Waals surface area contributed by atoms with Crippen molar-refractivity contribution in [2.75, 3.05) is 6.54 Å². The molecule has 0 aliphatic carbocycles. The van der Waals surface area contributed by atoms with Gasteiger partial charge >= 0.3 is 0 Å². The predicted octanol–water partition coefficient (Wildman–Crippen LogP) is 2.11. The van der Waals surface area contributed by atoms with Gasteiger partial charge < -0.3 is 14.8 Å². The van der Waals surface area contributed by atoms with E-state index in [0.717, 1.165) is 5.69 Å². The summed E-state index contributed by atoms with van der Waals surface area (Å²) in [6.45, 7) is 5.28. The number of carbonyl (C=O) groups excluding carboxylic acids is 1. The average molecular weight is 340 g/mol. The monoisotopic (exact) mass is 340 g/mol. The standard InChI is InChI=1S/C18H20N4O3/c1-12-9-15(13(2)25-12)18(3,24)11-20-17(23)16-10-14(5-7-19-16)22-8-4-6-21-22/h4-10,24H,11H2,1-3H3,(H,20,23). The minimum atomic E-state index is -1.24. The van der Waals surface area contributed by atoms with Gasteiger partial charge in [-0.2, -0.15) is 5.10 Å². The van der Waals surface area contributed by atoms with Crippen LogP contribution in [0.2, 0.25) is 0 Å². The number of aliphatic hydroxyl groups is 1. The Bertz CT molecular complexity index is 882. The maximum atomic E-state index is 12.4. The van der Waals surface area contributed by atoms with Gasteiger partial charge in [-0.25, -0.2) is 4.68 Å². The van der Waals surface area contributed by atoms with Crippen molar-refractivity contribution in [3.8, 4) is 5.69 Å². The van der Waals surface area contributed by atoms with Crippen LogP contribution < -0.4 is 5.32 Å². The third-order valence-electron chi connectivity index (χ3n) is 3.96. The van der Waals surface area contributed by atoms with E-state index in [9.17, 15) is 9.90 Å². The van der Waals surface area contributed by atoms with Crippen LogP contribution in [0.15, 0.2) is 47.3 Å². The zero-order chi connectivity index (χ0) is 18.0. The lowest BCUT2D eigenvalue weighted by atomic mass is 9.96. The number of hydrogen-bond acceptors (Lipinski definition) is 5. The third-order valence-corrected chi connectivity index (χ3v) is 3.96. The van der Waals surface area contributed by atoms with Gasteiger partial charge in [-0.3, -0.25) is 9.78 Å². The van der Waals surface area contributed by atoms with E-state index in [-0.39, 0.29) is 18.1 Å². The number of hydrogen-bond donors (Lipinski definition) is 2. The number of furan rings is 1. The molecule has 7 heteroatoms. The molecule has 2 N–H and O–H groups in total. The molecule has 0 aliphatic rings. The normalized spacial score (nSPS) is 13.4. The summed E-state index contributed by atoms with van der Waals surface area (Å²) >= 11 is 0. The molecule has 0 saturated carbocycles. The second-order valence-electron chi connectivity index (χ2n) is 6.13. The number of rotatable bonds is 5. The highest BCUT2D eigenvalue weighted by Crippen LogP contribution is 2.26. The molecule has 3 aromatic heterocycles. The summed E-state index contributed by atoms with van der Waals surface area (Å²) in [4.78, 5) is 16.5. The number of pyridine rings is 1. The SMILES string of the molecule is Cc1cc(C(C)(O)CNC(=O)c2cc(-n3cccn3)ccn2)c(C)o1. The summed E-state index contributed by atoms with van der Waals surface area (Å²) in [6, 6.07) is 6.98. The van der Waals surface area contributed by atoms with E-state index in [4.69, 9.17) is 4.42 Å². The van der Waals surface area contributed by atoms with Gasteiger partial charge in [0.05, 0.1) is 12.2 Å². The van der Waals surface area contributed by atoms with Crippen molar-refractivity contribution in [2.24, 2.45) is 0 Å². The van der Waals surface area contributed by atoms with Crippen LogP contribution >= 0.6 is 0 Å². The molecule has 0 bridgehead atoms. The van der Waals surface area contributed by atoms with E-state index < -0.39 is 5.60 Å². The van der Waals surface area contributed by atoms with E-state index >= 15 is 0 Å². The summed E-state index contributed by atoms with van der Waals surface area (Å²) in [5, 5.41) is 17.5. The molecular weight excluding hydrogens is 320 g/mol. The van der Waals surface area contributed by atoms with Crippen LogP contribution in [0.1, 0.15) is 34.5 Å². The molecule has 1 atom stereocenters. The lowest BCUT2D eigenvalue weighted by Gasteiger charge is -2.23. The first-order chi connectivity index (χ1) is 11.9. The van der Waals surface area contributed by atoms with Crippen molar-refractivity contribution in [1.29, 1.82) is 0 Å². The summed E-state index contributed by atoms with van der Waals surface area (Å²) in [6.07, 6.45) is 4.99.